The maximum Gasteiger partial charge on any atom is 0.116 e. The Morgan fingerprint density at radius 2 is 2.29 bits per heavy atom. The lowest BCUT2D eigenvalue weighted by molar-refractivity contribution is 0.228. The Morgan fingerprint density at radius 3 is 2.76 bits per heavy atom. The third-order valence-electron chi connectivity index (χ3n) is 3.46. The van der Waals surface area contributed by atoms with Crippen molar-refractivity contribution in [2.24, 2.45) is 5.92 Å². The van der Waals surface area contributed by atoms with E-state index in [0.717, 1.165) is 25.6 Å². The molecule has 1 aliphatic heterocycles. The van der Waals surface area contributed by atoms with Crippen LogP contribution in [-0.4, -0.2) is 62.2 Å². The fraction of sp³-hybridized carbons (Fsp3) is 0.923. The quantitative estimate of drug-likeness (QED) is 0.742. The average Bonchev–Trinajstić information content (AvgIpc) is 2.64. The van der Waals surface area contributed by atoms with E-state index in [4.69, 9.17) is 0 Å². The molecule has 0 radical (unpaired) electrons. The molecule has 2 atom stereocenters. The van der Waals surface area contributed by atoms with E-state index in [9.17, 15) is 5.26 Å². The molecule has 1 aliphatic rings. The molecule has 0 bridgehead atoms. The molecular weight excluding hydrogens is 212 g/mol. The molecule has 98 valence electrons. The molecule has 4 heteroatoms. The van der Waals surface area contributed by atoms with E-state index in [-0.39, 0.29) is 0 Å². The van der Waals surface area contributed by atoms with Crippen LogP contribution in [0.25, 0.3) is 0 Å². The van der Waals surface area contributed by atoms with Crippen LogP contribution in [0, 0.1) is 17.2 Å². The first-order chi connectivity index (χ1) is 7.99. The van der Waals surface area contributed by atoms with Gasteiger partial charge in [-0.2, -0.15) is 5.26 Å². The number of nitrogens with zero attached hydrogens (tertiary/aromatic N) is 3. The molecule has 1 heterocycles. The van der Waals surface area contributed by atoms with Crippen molar-refractivity contribution in [3.63, 3.8) is 0 Å². The number of rotatable bonds is 6. The van der Waals surface area contributed by atoms with Crippen molar-refractivity contribution in [1.82, 2.24) is 15.1 Å². The zero-order chi connectivity index (χ0) is 12.9. The molecule has 0 aromatic rings. The summed E-state index contributed by atoms with van der Waals surface area (Å²) in [6.45, 7) is 9.14. The van der Waals surface area contributed by atoms with Gasteiger partial charge in [0.05, 0.1) is 6.07 Å². The van der Waals surface area contributed by atoms with Gasteiger partial charge in [0, 0.05) is 19.6 Å². The van der Waals surface area contributed by atoms with Crippen LogP contribution in [0.1, 0.15) is 20.3 Å². The third kappa shape index (κ3) is 4.63. The summed E-state index contributed by atoms with van der Waals surface area (Å²) >= 11 is 0. The third-order valence-corrected chi connectivity index (χ3v) is 3.46. The largest absolute Gasteiger partial charge is 0.306 e. The highest BCUT2D eigenvalue weighted by molar-refractivity contribution is 5.05. The highest BCUT2D eigenvalue weighted by Gasteiger charge is 2.27. The van der Waals surface area contributed by atoms with Gasteiger partial charge >= 0.3 is 0 Å². The molecule has 1 fully saturated rings. The Labute approximate surface area is 106 Å². The summed E-state index contributed by atoms with van der Waals surface area (Å²) in [6.07, 6.45) is 1.28. The molecule has 0 aromatic heterocycles. The van der Waals surface area contributed by atoms with Crippen molar-refractivity contribution in [2.45, 2.75) is 25.8 Å². The fourth-order valence-electron chi connectivity index (χ4n) is 2.74. The lowest BCUT2D eigenvalue weighted by Gasteiger charge is -2.30. The summed E-state index contributed by atoms with van der Waals surface area (Å²) in [7, 11) is 4.29. The molecule has 0 amide bonds. The van der Waals surface area contributed by atoms with Gasteiger partial charge < -0.3 is 9.80 Å². The smallest absolute Gasteiger partial charge is 0.116 e. The first-order valence-corrected chi connectivity index (χ1v) is 6.52. The number of nitrogens with one attached hydrogen (secondary N) is 1. The molecule has 0 aliphatic carbocycles. The van der Waals surface area contributed by atoms with Gasteiger partial charge in [0.15, 0.2) is 0 Å². The van der Waals surface area contributed by atoms with E-state index >= 15 is 0 Å². The minimum atomic E-state index is -0.423. The Hall–Kier alpha value is -0.630. The van der Waals surface area contributed by atoms with Crippen LogP contribution < -0.4 is 5.32 Å². The Kier molecular flexibility index (Phi) is 5.38. The number of likely N-dealkylation sites (N-methyl/N-ethyl adjacent to an activating group) is 2. The minimum absolute atomic E-state index is 0.423. The predicted octanol–water partition coefficient (Wildman–Crippen LogP) is 0.762. The van der Waals surface area contributed by atoms with Gasteiger partial charge in [-0.15, -0.1) is 0 Å². The molecule has 0 aromatic carbocycles. The van der Waals surface area contributed by atoms with E-state index in [1.165, 1.54) is 19.5 Å². The van der Waals surface area contributed by atoms with E-state index in [1.54, 1.807) is 0 Å². The van der Waals surface area contributed by atoms with Crippen molar-refractivity contribution < 1.29 is 0 Å². The SMILES string of the molecule is CCNC(C)(C#N)CN(C)CC1CCN(C)C1. The Balaban J connectivity index is 2.38. The van der Waals surface area contributed by atoms with Crippen LogP contribution in [-0.2, 0) is 0 Å². The van der Waals surface area contributed by atoms with Crippen molar-refractivity contribution in [1.29, 1.82) is 5.26 Å². The molecule has 17 heavy (non-hydrogen) atoms. The van der Waals surface area contributed by atoms with Gasteiger partial charge in [-0.25, -0.2) is 0 Å². The maximum atomic E-state index is 9.22. The van der Waals surface area contributed by atoms with Crippen LogP contribution in [0.2, 0.25) is 0 Å². The number of hydrogen-bond acceptors (Lipinski definition) is 4. The second-order valence-electron chi connectivity index (χ2n) is 5.59. The summed E-state index contributed by atoms with van der Waals surface area (Å²) in [6, 6.07) is 2.38. The topological polar surface area (TPSA) is 42.3 Å². The second-order valence-corrected chi connectivity index (χ2v) is 5.59. The van der Waals surface area contributed by atoms with Gasteiger partial charge in [0.1, 0.15) is 5.54 Å². The Bertz CT molecular complexity index is 273. The zero-order valence-corrected chi connectivity index (χ0v) is 11.7. The zero-order valence-electron chi connectivity index (χ0n) is 11.7. The van der Waals surface area contributed by atoms with Crippen molar-refractivity contribution in [3.8, 4) is 6.07 Å². The van der Waals surface area contributed by atoms with Gasteiger partial charge in [-0.1, -0.05) is 6.92 Å². The first-order valence-electron chi connectivity index (χ1n) is 6.52. The first kappa shape index (κ1) is 14.4. The maximum absolute atomic E-state index is 9.22. The molecule has 0 spiro atoms. The van der Waals surface area contributed by atoms with Gasteiger partial charge in [-0.3, -0.25) is 5.32 Å². The van der Waals surface area contributed by atoms with E-state index in [2.05, 4.69) is 35.3 Å². The molecule has 1 rings (SSSR count). The summed E-state index contributed by atoms with van der Waals surface area (Å²) in [5.41, 5.74) is -0.423. The highest BCUT2D eigenvalue weighted by atomic mass is 15.2. The summed E-state index contributed by atoms with van der Waals surface area (Å²) in [4.78, 5) is 4.67. The molecule has 4 nitrogen and oxygen atoms in total. The van der Waals surface area contributed by atoms with Crippen LogP contribution in [0.3, 0.4) is 0 Å². The minimum Gasteiger partial charge on any atom is -0.306 e. The predicted molar refractivity (Wildman–Crippen MR) is 70.8 cm³/mol. The van der Waals surface area contributed by atoms with Crippen LogP contribution in [0.15, 0.2) is 0 Å². The molecule has 1 saturated heterocycles. The van der Waals surface area contributed by atoms with Crippen LogP contribution in [0.5, 0.6) is 0 Å². The summed E-state index contributed by atoms with van der Waals surface area (Å²) in [5.74, 6) is 0.759. The molecule has 2 unspecified atom stereocenters. The van der Waals surface area contributed by atoms with Crippen molar-refractivity contribution in [3.05, 3.63) is 0 Å². The van der Waals surface area contributed by atoms with Crippen molar-refractivity contribution in [2.75, 3.05) is 46.8 Å². The van der Waals surface area contributed by atoms with E-state index in [1.807, 2.05) is 13.8 Å². The van der Waals surface area contributed by atoms with Gasteiger partial charge in [0.2, 0.25) is 0 Å². The lowest BCUT2D eigenvalue weighted by Crippen LogP contribution is -2.50. The highest BCUT2D eigenvalue weighted by Crippen LogP contribution is 2.16. The molecule has 1 N–H and O–H groups in total. The van der Waals surface area contributed by atoms with Gasteiger partial charge in [0.25, 0.3) is 0 Å². The summed E-state index contributed by atoms with van der Waals surface area (Å²) < 4.78 is 0. The van der Waals surface area contributed by atoms with Crippen LogP contribution in [0.4, 0.5) is 0 Å². The second kappa shape index (κ2) is 6.34. The monoisotopic (exact) mass is 238 g/mol. The van der Waals surface area contributed by atoms with Crippen LogP contribution >= 0.6 is 0 Å². The van der Waals surface area contributed by atoms with E-state index in [0.29, 0.717) is 0 Å². The molecule has 0 saturated carbocycles. The fourth-order valence-corrected chi connectivity index (χ4v) is 2.74. The average molecular weight is 238 g/mol. The number of nitriles is 1. The summed E-state index contributed by atoms with van der Waals surface area (Å²) in [5, 5.41) is 12.5. The standard InChI is InChI=1S/C13H26N4/c1-5-15-13(2,10-14)11-17(4)9-12-6-7-16(3)8-12/h12,15H,5-9,11H2,1-4H3. The lowest BCUT2D eigenvalue weighted by atomic mass is 10.0. The van der Waals surface area contributed by atoms with E-state index < -0.39 is 5.54 Å². The normalized spacial score (nSPS) is 24.8. The van der Waals surface area contributed by atoms with Crippen molar-refractivity contribution >= 4 is 0 Å². The number of likely N-dealkylation sites (tertiary alicyclic amines) is 1. The van der Waals surface area contributed by atoms with Gasteiger partial charge in [-0.05, 0) is 46.4 Å². The Morgan fingerprint density at radius 1 is 1.59 bits per heavy atom. The number of hydrogen-bond donors (Lipinski definition) is 1. The molecular formula is C13H26N4.